The van der Waals surface area contributed by atoms with Gasteiger partial charge in [0.05, 0.1) is 0 Å². The summed E-state index contributed by atoms with van der Waals surface area (Å²) < 4.78 is 1.66. The molecule has 5 aromatic rings. The number of imidazole rings is 1. The second-order valence-electron chi connectivity index (χ2n) is 6.69. The van der Waals surface area contributed by atoms with Gasteiger partial charge in [-0.1, -0.05) is 48.5 Å². The van der Waals surface area contributed by atoms with Crippen molar-refractivity contribution in [3.63, 3.8) is 0 Å². The first kappa shape index (κ1) is 17.0. The fourth-order valence-electron chi connectivity index (χ4n) is 3.49. The Bertz CT molecular complexity index is 1210. The molecule has 0 bridgehead atoms. The normalized spacial score (nSPS) is 10.9. The van der Waals surface area contributed by atoms with Crippen LogP contribution in [0.3, 0.4) is 0 Å². The van der Waals surface area contributed by atoms with Crippen LogP contribution in [0.2, 0.25) is 0 Å². The molecule has 0 unspecified atom stereocenters. The van der Waals surface area contributed by atoms with Crippen molar-refractivity contribution >= 4 is 28.5 Å². The summed E-state index contributed by atoms with van der Waals surface area (Å²) in [6, 6.07) is 32.7. The van der Waals surface area contributed by atoms with Gasteiger partial charge in [-0.05, 0) is 48.5 Å². The smallest absolute Gasteiger partial charge is 0.156 e. The first-order valence-electron chi connectivity index (χ1n) is 9.41. The molecule has 5 nitrogen and oxygen atoms in total. The zero-order chi connectivity index (χ0) is 19.6. The van der Waals surface area contributed by atoms with Gasteiger partial charge in [-0.15, -0.1) is 0 Å². The summed E-state index contributed by atoms with van der Waals surface area (Å²) >= 11 is 0. The van der Waals surface area contributed by atoms with Crippen molar-refractivity contribution in [1.29, 1.82) is 0 Å². The number of hydrogen-bond acceptors (Lipinski definition) is 4. The summed E-state index contributed by atoms with van der Waals surface area (Å²) in [5.41, 5.74) is 12.0. The maximum absolute atomic E-state index is 6.28. The van der Waals surface area contributed by atoms with Crippen LogP contribution in [-0.2, 0) is 0 Å². The molecule has 0 atom stereocenters. The summed E-state index contributed by atoms with van der Waals surface area (Å²) in [7, 11) is 0. The van der Waals surface area contributed by atoms with Crippen LogP contribution in [0.15, 0.2) is 103 Å². The second-order valence-corrected chi connectivity index (χ2v) is 6.69. The first-order chi connectivity index (χ1) is 14.3. The minimum absolute atomic E-state index is 0.538. The number of aromatic nitrogens is 3. The third kappa shape index (κ3) is 3.08. The van der Waals surface area contributed by atoms with E-state index in [4.69, 9.17) is 5.73 Å². The molecule has 0 spiro atoms. The highest BCUT2D eigenvalue weighted by Crippen LogP contribution is 2.35. The number of nitrogens with zero attached hydrogens (tertiary/aromatic N) is 4. The molecule has 140 valence electrons. The average molecular weight is 377 g/mol. The lowest BCUT2D eigenvalue weighted by molar-refractivity contribution is 0.946. The molecule has 0 aliphatic rings. The van der Waals surface area contributed by atoms with E-state index in [1.807, 2.05) is 60.7 Å². The van der Waals surface area contributed by atoms with Crippen LogP contribution in [0.5, 0.6) is 0 Å². The van der Waals surface area contributed by atoms with Gasteiger partial charge in [-0.2, -0.15) is 9.61 Å². The third-order valence-corrected chi connectivity index (χ3v) is 4.86. The molecule has 2 heterocycles. The standard InChI is InChI=1S/C24H19N5/c25-24-23(27-22-12-7-17-26-29(22)24)18-13-15-21(16-14-18)28(19-8-3-1-4-9-19)20-10-5-2-6-11-20/h1-17H,25H2. The molecule has 0 saturated carbocycles. The van der Waals surface area contributed by atoms with Gasteiger partial charge in [0.1, 0.15) is 5.69 Å². The average Bonchev–Trinajstić information content (AvgIpc) is 3.13. The SMILES string of the molecule is Nc1c(-c2ccc(N(c3ccccc3)c3ccccc3)cc2)nc2cccnn12. The topological polar surface area (TPSA) is 59.5 Å². The fraction of sp³-hybridized carbons (Fsp3) is 0. The molecular formula is C24H19N5. The minimum atomic E-state index is 0.538. The Kier molecular flexibility index (Phi) is 4.18. The Balaban J connectivity index is 1.57. The van der Waals surface area contributed by atoms with Crippen LogP contribution in [0.4, 0.5) is 22.9 Å². The van der Waals surface area contributed by atoms with E-state index in [9.17, 15) is 0 Å². The number of nitrogen functional groups attached to an aromatic ring is 1. The number of hydrogen-bond donors (Lipinski definition) is 1. The number of fused-ring (bicyclic) bond motifs is 1. The Morgan fingerprint density at radius 2 is 1.24 bits per heavy atom. The molecule has 0 saturated heterocycles. The van der Waals surface area contributed by atoms with E-state index in [-0.39, 0.29) is 0 Å². The third-order valence-electron chi connectivity index (χ3n) is 4.86. The minimum Gasteiger partial charge on any atom is -0.382 e. The van der Waals surface area contributed by atoms with Gasteiger partial charge in [-0.25, -0.2) is 4.98 Å². The highest BCUT2D eigenvalue weighted by molar-refractivity contribution is 5.80. The number of nitrogens with two attached hydrogens (primary N) is 1. The second kappa shape index (κ2) is 7.13. The monoisotopic (exact) mass is 377 g/mol. The van der Waals surface area contributed by atoms with Crippen molar-refractivity contribution in [3.05, 3.63) is 103 Å². The molecule has 5 heteroatoms. The van der Waals surface area contributed by atoms with Crippen LogP contribution in [0.1, 0.15) is 0 Å². The van der Waals surface area contributed by atoms with Gasteiger partial charge >= 0.3 is 0 Å². The van der Waals surface area contributed by atoms with Crippen LogP contribution in [0, 0.1) is 0 Å². The van der Waals surface area contributed by atoms with E-state index in [2.05, 4.69) is 51.4 Å². The highest BCUT2D eigenvalue weighted by Gasteiger charge is 2.14. The number of benzene rings is 3. The predicted molar refractivity (Wildman–Crippen MR) is 118 cm³/mol. The zero-order valence-electron chi connectivity index (χ0n) is 15.7. The summed E-state index contributed by atoms with van der Waals surface area (Å²) in [6.07, 6.45) is 1.70. The predicted octanol–water partition coefficient (Wildman–Crippen LogP) is 5.45. The maximum Gasteiger partial charge on any atom is 0.156 e. The van der Waals surface area contributed by atoms with E-state index in [0.29, 0.717) is 5.82 Å². The molecule has 0 radical (unpaired) electrons. The molecule has 0 aliphatic carbocycles. The van der Waals surface area contributed by atoms with Crippen LogP contribution >= 0.6 is 0 Å². The largest absolute Gasteiger partial charge is 0.382 e. The fourth-order valence-corrected chi connectivity index (χ4v) is 3.49. The lowest BCUT2D eigenvalue weighted by atomic mass is 10.1. The Morgan fingerprint density at radius 1 is 0.655 bits per heavy atom. The summed E-state index contributed by atoms with van der Waals surface area (Å²) in [6.45, 7) is 0. The highest BCUT2D eigenvalue weighted by atomic mass is 15.3. The molecule has 29 heavy (non-hydrogen) atoms. The van der Waals surface area contributed by atoms with E-state index in [1.54, 1.807) is 10.7 Å². The van der Waals surface area contributed by atoms with Crippen molar-refractivity contribution < 1.29 is 0 Å². The quantitative estimate of drug-likeness (QED) is 0.452. The Morgan fingerprint density at radius 3 is 1.83 bits per heavy atom. The lowest BCUT2D eigenvalue weighted by Crippen LogP contribution is -2.09. The van der Waals surface area contributed by atoms with Crippen LogP contribution in [0.25, 0.3) is 16.9 Å². The van der Waals surface area contributed by atoms with Gasteiger partial charge in [0, 0.05) is 28.8 Å². The van der Waals surface area contributed by atoms with Crippen LogP contribution in [-0.4, -0.2) is 14.6 Å². The van der Waals surface area contributed by atoms with Crippen LogP contribution < -0.4 is 10.6 Å². The number of para-hydroxylation sites is 2. The summed E-state index contributed by atoms with van der Waals surface area (Å²) in [5.74, 6) is 0.538. The molecule has 0 fully saturated rings. The van der Waals surface area contributed by atoms with E-state index in [0.717, 1.165) is 34.0 Å². The maximum atomic E-state index is 6.28. The molecule has 2 aromatic heterocycles. The summed E-state index contributed by atoms with van der Waals surface area (Å²) in [5, 5.41) is 4.27. The van der Waals surface area contributed by atoms with Gasteiger partial charge < -0.3 is 10.6 Å². The van der Waals surface area contributed by atoms with Gasteiger partial charge in [0.25, 0.3) is 0 Å². The van der Waals surface area contributed by atoms with Crippen molar-refractivity contribution in [2.75, 3.05) is 10.6 Å². The van der Waals surface area contributed by atoms with E-state index < -0.39 is 0 Å². The Labute approximate surface area is 168 Å². The molecule has 3 aromatic carbocycles. The molecule has 5 rings (SSSR count). The van der Waals surface area contributed by atoms with Gasteiger partial charge in [0.15, 0.2) is 11.5 Å². The van der Waals surface area contributed by atoms with Crippen molar-refractivity contribution in [2.24, 2.45) is 0 Å². The van der Waals surface area contributed by atoms with Crippen molar-refractivity contribution in [2.45, 2.75) is 0 Å². The van der Waals surface area contributed by atoms with Gasteiger partial charge in [0.2, 0.25) is 0 Å². The van der Waals surface area contributed by atoms with E-state index in [1.165, 1.54) is 0 Å². The lowest BCUT2D eigenvalue weighted by Gasteiger charge is -2.25. The Hall–Kier alpha value is -4.12. The van der Waals surface area contributed by atoms with Crippen molar-refractivity contribution in [3.8, 4) is 11.3 Å². The molecular weight excluding hydrogens is 358 g/mol. The molecule has 0 aliphatic heterocycles. The molecule has 2 N–H and O–H groups in total. The summed E-state index contributed by atoms with van der Waals surface area (Å²) in [4.78, 5) is 6.86. The van der Waals surface area contributed by atoms with Crippen molar-refractivity contribution in [1.82, 2.24) is 14.6 Å². The molecule has 0 amide bonds. The zero-order valence-corrected chi connectivity index (χ0v) is 15.7. The first-order valence-corrected chi connectivity index (χ1v) is 9.41. The number of anilines is 4. The van der Waals surface area contributed by atoms with Gasteiger partial charge in [-0.3, -0.25) is 0 Å². The van der Waals surface area contributed by atoms with E-state index >= 15 is 0 Å². The number of rotatable bonds is 4.